The Labute approximate surface area is 130 Å². The van der Waals surface area contributed by atoms with Crippen LogP contribution in [0.25, 0.3) is 0 Å². The molecular formula is C17H21FN2O2. The van der Waals surface area contributed by atoms with Crippen molar-refractivity contribution in [2.24, 2.45) is 5.92 Å². The van der Waals surface area contributed by atoms with Gasteiger partial charge in [-0.25, -0.2) is 4.39 Å². The van der Waals surface area contributed by atoms with Crippen LogP contribution in [0, 0.1) is 23.1 Å². The molecule has 2 rings (SSSR count). The van der Waals surface area contributed by atoms with E-state index < -0.39 is 11.4 Å². The Hall–Kier alpha value is -1.93. The number of likely N-dealkylation sites (tertiary alicyclic amines) is 1. The number of amides is 1. The lowest BCUT2D eigenvalue weighted by atomic mass is 9.86. The fraction of sp³-hybridized carbons (Fsp3) is 0.529. The third-order valence-corrected chi connectivity index (χ3v) is 4.26. The van der Waals surface area contributed by atoms with Gasteiger partial charge in [-0.3, -0.25) is 4.79 Å². The lowest BCUT2D eigenvalue weighted by Crippen LogP contribution is -2.50. The van der Waals surface area contributed by atoms with E-state index in [-0.39, 0.29) is 18.1 Å². The van der Waals surface area contributed by atoms with Crippen molar-refractivity contribution in [2.75, 3.05) is 13.2 Å². The van der Waals surface area contributed by atoms with Gasteiger partial charge in [-0.1, -0.05) is 13.8 Å². The lowest BCUT2D eigenvalue weighted by Gasteiger charge is -2.38. The molecule has 4 nitrogen and oxygen atoms in total. The first-order chi connectivity index (χ1) is 10.4. The van der Waals surface area contributed by atoms with E-state index in [0.29, 0.717) is 18.0 Å². The Morgan fingerprint density at radius 3 is 2.86 bits per heavy atom. The first kappa shape index (κ1) is 16.4. The summed E-state index contributed by atoms with van der Waals surface area (Å²) in [6.45, 7) is 4.61. The molecule has 1 saturated heterocycles. The van der Waals surface area contributed by atoms with Gasteiger partial charge < -0.3 is 10.0 Å². The van der Waals surface area contributed by atoms with Crippen molar-refractivity contribution in [2.45, 2.75) is 38.6 Å². The number of aliphatic hydroxyl groups excluding tert-OH is 1. The maximum atomic E-state index is 13.4. The number of hydrogen-bond acceptors (Lipinski definition) is 3. The van der Waals surface area contributed by atoms with Crippen LogP contribution in [0.3, 0.4) is 0 Å². The molecule has 1 aliphatic heterocycles. The molecule has 0 aliphatic carbocycles. The second-order valence-electron chi connectivity index (χ2n) is 6.35. The fourth-order valence-corrected chi connectivity index (χ4v) is 3.36. The van der Waals surface area contributed by atoms with E-state index in [1.165, 1.54) is 12.1 Å². The number of nitriles is 1. The molecule has 118 valence electrons. The molecule has 0 aromatic heterocycles. The van der Waals surface area contributed by atoms with Gasteiger partial charge in [0.25, 0.3) is 5.91 Å². The van der Waals surface area contributed by atoms with Gasteiger partial charge in [-0.2, -0.15) is 5.26 Å². The highest BCUT2D eigenvalue weighted by atomic mass is 19.1. The first-order valence-electron chi connectivity index (χ1n) is 7.56. The molecular weight excluding hydrogens is 283 g/mol. The average Bonchev–Trinajstić information content (AvgIpc) is 2.90. The molecule has 1 amide bonds. The van der Waals surface area contributed by atoms with Crippen LogP contribution in [-0.4, -0.2) is 34.6 Å². The van der Waals surface area contributed by atoms with E-state index in [1.807, 2.05) is 0 Å². The maximum Gasteiger partial charge on any atom is 0.254 e. The zero-order valence-electron chi connectivity index (χ0n) is 13.0. The standard InChI is InChI=1S/C17H21FN2O2/c1-12(2)9-17(11-21)6-3-7-20(17)16(22)13-4-5-15(18)14(8-13)10-19/h4-5,8,12,21H,3,6-7,9,11H2,1-2H3. The summed E-state index contributed by atoms with van der Waals surface area (Å²) in [4.78, 5) is 14.5. The quantitative estimate of drug-likeness (QED) is 0.930. The Balaban J connectivity index is 2.33. The second kappa shape index (κ2) is 6.45. The lowest BCUT2D eigenvalue weighted by molar-refractivity contribution is 0.0332. The molecule has 22 heavy (non-hydrogen) atoms. The molecule has 0 bridgehead atoms. The number of nitrogens with zero attached hydrogens (tertiary/aromatic N) is 2. The van der Waals surface area contributed by atoms with E-state index in [0.717, 1.165) is 25.3 Å². The molecule has 1 aromatic rings. The van der Waals surface area contributed by atoms with Crippen LogP contribution in [0.2, 0.25) is 0 Å². The largest absolute Gasteiger partial charge is 0.394 e. The van der Waals surface area contributed by atoms with Crippen LogP contribution in [0.4, 0.5) is 4.39 Å². The predicted octanol–water partition coefficient (Wildman–Crippen LogP) is 2.71. The topological polar surface area (TPSA) is 64.3 Å². The summed E-state index contributed by atoms with van der Waals surface area (Å²) in [6.07, 6.45) is 2.33. The van der Waals surface area contributed by atoms with Crippen LogP contribution in [0.5, 0.6) is 0 Å². The molecule has 1 fully saturated rings. The Morgan fingerprint density at radius 1 is 1.55 bits per heavy atom. The third-order valence-electron chi connectivity index (χ3n) is 4.26. The zero-order valence-corrected chi connectivity index (χ0v) is 13.0. The maximum absolute atomic E-state index is 13.4. The van der Waals surface area contributed by atoms with Gasteiger partial charge in [-0.15, -0.1) is 0 Å². The molecule has 1 atom stereocenters. The van der Waals surface area contributed by atoms with Crippen molar-refractivity contribution in [3.8, 4) is 6.07 Å². The van der Waals surface area contributed by atoms with Crippen molar-refractivity contribution >= 4 is 5.91 Å². The number of aliphatic hydroxyl groups is 1. The van der Waals surface area contributed by atoms with Gasteiger partial charge in [0.1, 0.15) is 11.9 Å². The monoisotopic (exact) mass is 304 g/mol. The number of benzene rings is 1. The molecule has 1 unspecified atom stereocenters. The minimum atomic E-state index is -0.629. The van der Waals surface area contributed by atoms with Crippen LogP contribution >= 0.6 is 0 Å². The minimum Gasteiger partial charge on any atom is -0.394 e. The third kappa shape index (κ3) is 2.97. The highest BCUT2D eigenvalue weighted by Gasteiger charge is 2.43. The highest BCUT2D eigenvalue weighted by Crippen LogP contribution is 2.36. The van der Waals surface area contributed by atoms with Gasteiger partial charge in [0.15, 0.2) is 0 Å². The van der Waals surface area contributed by atoms with Crippen molar-refractivity contribution in [3.05, 3.63) is 35.1 Å². The predicted molar refractivity (Wildman–Crippen MR) is 80.7 cm³/mol. The van der Waals surface area contributed by atoms with Crippen molar-refractivity contribution in [3.63, 3.8) is 0 Å². The molecule has 0 saturated carbocycles. The first-order valence-corrected chi connectivity index (χ1v) is 7.56. The molecule has 1 heterocycles. The molecule has 5 heteroatoms. The van der Waals surface area contributed by atoms with Gasteiger partial charge in [0.2, 0.25) is 0 Å². The number of rotatable bonds is 4. The van der Waals surface area contributed by atoms with Crippen LogP contribution in [0.15, 0.2) is 18.2 Å². The Bertz CT molecular complexity index is 609. The molecule has 0 spiro atoms. The van der Waals surface area contributed by atoms with Gasteiger partial charge in [0.05, 0.1) is 17.7 Å². The van der Waals surface area contributed by atoms with Crippen molar-refractivity contribution in [1.82, 2.24) is 4.90 Å². The number of carbonyl (C=O) groups excluding carboxylic acids is 1. The molecule has 1 aliphatic rings. The summed E-state index contributed by atoms with van der Waals surface area (Å²) in [7, 11) is 0. The number of hydrogen-bond donors (Lipinski definition) is 1. The summed E-state index contributed by atoms with van der Waals surface area (Å²) < 4.78 is 13.4. The molecule has 0 radical (unpaired) electrons. The van der Waals surface area contributed by atoms with Gasteiger partial charge in [-0.05, 0) is 43.4 Å². The summed E-state index contributed by atoms with van der Waals surface area (Å²) in [5.74, 6) is -0.525. The Kier molecular flexibility index (Phi) is 4.82. The van der Waals surface area contributed by atoms with E-state index in [9.17, 15) is 14.3 Å². The molecule has 1 aromatic carbocycles. The smallest absolute Gasteiger partial charge is 0.254 e. The second-order valence-corrected chi connectivity index (χ2v) is 6.35. The van der Waals surface area contributed by atoms with Crippen LogP contribution in [0.1, 0.15) is 49.0 Å². The summed E-state index contributed by atoms with van der Waals surface area (Å²) in [5.41, 5.74) is -0.392. The van der Waals surface area contributed by atoms with Crippen LogP contribution in [-0.2, 0) is 0 Å². The SMILES string of the molecule is CC(C)CC1(CO)CCCN1C(=O)c1ccc(F)c(C#N)c1. The Morgan fingerprint density at radius 2 is 2.27 bits per heavy atom. The van der Waals surface area contributed by atoms with E-state index in [2.05, 4.69) is 13.8 Å². The van der Waals surface area contributed by atoms with E-state index in [1.54, 1.807) is 11.0 Å². The van der Waals surface area contributed by atoms with Gasteiger partial charge >= 0.3 is 0 Å². The summed E-state index contributed by atoms with van der Waals surface area (Å²) in [6, 6.07) is 5.58. The van der Waals surface area contributed by atoms with Gasteiger partial charge in [0, 0.05) is 12.1 Å². The number of carbonyl (C=O) groups is 1. The highest BCUT2D eigenvalue weighted by molar-refractivity contribution is 5.95. The van der Waals surface area contributed by atoms with Crippen molar-refractivity contribution < 1.29 is 14.3 Å². The van der Waals surface area contributed by atoms with Crippen LogP contribution < -0.4 is 0 Å². The zero-order chi connectivity index (χ0) is 16.3. The normalized spacial score (nSPS) is 21.2. The average molecular weight is 304 g/mol. The fourth-order valence-electron chi connectivity index (χ4n) is 3.36. The van der Waals surface area contributed by atoms with E-state index in [4.69, 9.17) is 5.26 Å². The number of halogens is 1. The minimum absolute atomic E-state index is 0.0801. The summed E-state index contributed by atoms with van der Waals surface area (Å²) in [5, 5.41) is 18.8. The summed E-state index contributed by atoms with van der Waals surface area (Å²) >= 11 is 0. The van der Waals surface area contributed by atoms with Crippen molar-refractivity contribution in [1.29, 1.82) is 5.26 Å². The van der Waals surface area contributed by atoms with E-state index >= 15 is 0 Å². The molecule has 1 N–H and O–H groups in total.